The smallest absolute Gasteiger partial charge is 0.228 e. The Morgan fingerprint density at radius 3 is 2.42 bits per heavy atom. The molecule has 6 nitrogen and oxygen atoms in total. The van der Waals surface area contributed by atoms with Gasteiger partial charge in [0.25, 0.3) is 0 Å². The van der Waals surface area contributed by atoms with Gasteiger partial charge in [0.2, 0.25) is 17.7 Å². The molecule has 0 spiro atoms. The second kappa shape index (κ2) is 6.81. The van der Waals surface area contributed by atoms with Crippen LogP contribution in [0.15, 0.2) is 24.3 Å². The van der Waals surface area contributed by atoms with Crippen LogP contribution in [0.25, 0.3) is 0 Å². The van der Waals surface area contributed by atoms with Crippen LogP contribution in [0.2, 0.25) is 5.02 Å². The number of piperidine rings is 1. The molecule has 2 N–H and O–H groups in total. The third-order valence-corrected chi connectivity index (χ3v) is 5.15. The van der Waals surface area contributed by atoms with E-state index in [9.17, 15) is 14.4 Å². The number of halogens is 1. The Hall–Kier alpha value is -2.08. The van der Waals surface area contributed by atoms with E-state index < -0.39 is 0 Å². The number of hydrogen-bond donors (Lipinski definition) is 1. The molecule has 3 amide bonds. The monoisotopic (exact) mass is 349 g/mol. The van der Waals surface area contributed by atoms with Crippen LogP contribution >= 0.6 is 11.6 Å². The van der Waals surface area contributed by atoms with Crippen molar-refractivity contribution in [3.8, 4) is 0 Å². The number of benzene rings is 1. The summed E-state index contributed by atoms with van der Waals surface area (Å²) in [7, 11) is 0. The molecule has 2 aliphatic rings. The average Bonchev–Trinajstić information content (AvgIpc) is 2.96. The predicted molar refractivity (Wildman–Crippen MR) is 90.4 cm³/mol. The van der Waals surface area contributed by atoms with Crippen molar-refractivity contribution in [2.75, 3.05) is 24.5 Å². The normalized spacial score (nSPS) is 22.0. The molecule has 1 unspecified atom stereocenters. The minimum atomic E-state index is -0.362. The second-order valence-electron chi connectivity index (χ2n) is 6.36. The quantitative estimate of drug-likeness (QED) is 0.895. The van der Waals surface area contributed by atoms with Crippen LogP contribution in [-0.4, -0.2) is 42.3 Å². The fraction of sp³-hybridized carbons (Fsp3) is 0.471. The summed E-state index contributed by atoms with van der Waals surface area (Å²) < 4.78 is 0. The van der Waals surface area contributed by atoms with Crippen LogP contribution < -0.4 is 10.6 Å². The summed E-state index contributed by atoms with van der Waals surface area (Å²) >= 11 is 6.16. The molecule has 2 saturated heterocycles. The highest BCUT2D eigenvalue weighted by molar-refractivity contribution is 6.33. The van der Waals surface area contributed by atoms with Crippen LogP contribution in [0.5, 0.6) is 0 Å². The summed E-state index contributed by atoms with van der Waals surface area (Å²) in [6.45, 7) is 1.38. The Morgan fingerprint density at radius 2 is 1.79 bits per heavy atom. The first-order chi connectivity index (χ1) is 11.5. The highest BCUT2D eigenvalue weighted by Gasteiger charge is 2.38. The number of hydrogen-bond acceptors (Lipinski definition) is 3. The van der Waals surface area contributed by atoms with Gasteiger partial charge in [-0.1, -0.05) is 23.7 Å². The zero-order valence-corrected chi connectivity index (χ0v) is 14.0. The molecule has 3 rings (SSSR count). The molecule has 0 radical (unpaired) electrons. The first-order valence-corrected chi connectivity index (χ1v) is 8.48. The van der Waals surface area contributed by atoms with E-state index in [1.807, 2.05) is 6.07 Å². The van der Waals surface area contributed by atoms with Gasteiger partial charge in [-0.2, -0.15) is 0 Å². The van der Waals surface area contributed by atoms with Crippen LogP contribution in [-0.2, 0) is 14.4 Å². The molecule has 24 heavy (non-hydrogen) atoms. The Bertz CT molecular complexity index is 671. The molecule has 128 valence electrons. The zero-order valence-electron chi connectivity index (χ0n) is 13.3. The molecule has 0 saturated carbocycles. The number of carbonyl (C=O) groups is 3. The van der Waals surface area contributed by atoms with Crippen LogP contribution in [0.4, 0.5) is 5.69 Å². The molecule has 1 aromatic carbocycles. The van der Waals surface area contributed by atoms with Crippen molar-refractivity contribution >= 4 is 35.0 Å². The van der Waals surface area contributed by atoms with E-state index >= 15 is 0 Å². The molecule has 2 fully saturated rings. The summed E-state index contributed by atoms with van der Waals surface area (Å²) in [5.41, 5.74) is 5.96. The van der Waals surface area contributed by atoms with Gasteiger partial charge >= 0.3 is 0 Å². The van der Waals surface area contributed by atoms with Gasteiger partial charge in [-0.05, 0) is 25.0 Å². The maximum atomic E-state index is 12.7. The van der Waals surface area contributed by atoms with Crippen molar-refractivity contribution in [2.24, 2.45) is 17.6 Å². The minimum Gasteiger partial charge on any atom is -0.369 e. The van der Waals surface area contributed by atoms with Gasteiger partial charge in [0, 0.05) is 32.0 Å². The number of nitrogens with two attached hydrogens (primary N) is 1. The third-order valence-electron chi connectivity index (χ3n) is 4.83. The lowest BCUT2D eigenvalue weighted by Crippen LogP contribution is -2.44. The largest absolute Gasteiger partial charge is 0.369 e. The Balaban J connectivity index is 1.65. The van der Waals surface area contributed by atoms with Crippen molar-refractivity contribution in [2.45, 2.75) is 19.3 Å². The lowest BCUT2D eigenvalue weighted by atomic mass is 9.95. The van der Waals surface area contributed by atoms with Crippen LogP contribution in [0.1, 0.15) is 19.3 Å². The number of carbonyl (C=O) groups excluding carboxylic acids is 3. The van der Waals surface area contributed by atoms with E-state index in [2.05, 4.69) is 0 Å². The average molecular weight is 350 g/mol. The van der Waals surface area contributed by atoms with Crippen LogP contribution in [0.3, 0.4) is 0 Å². The van der Waals surface area contributed by atoms with E-state index in [0.717, 1.165) is 0 Å². The van der Waals surface area contributed by atoms with Gasteiger partial charge in [-0.3, -0.25) is 14.4 Å². The SMILES string of the molecule is NC(=O)C1CCN(C(=O)C2CC(=O)N(c3ccccc3Cl)C2)CC1. The van der Waals surface area contributed by atoms with Gasteiger partial charge in [-0.15, -0.1) is 0 Å². The third kappa shape index (κ3) is 3.24. The van der Waals surface area contributed by atoms with Crippen molar-refractivity contribution in [3.05, 3.63) is 29.3 Å². The number of likely N-dealkylation sites (tertiary alicyclic amines) is 1. The van der Waals surface area contributed by atoms with E-state index in [0.29, 0.717) is 43.2 Å². The molecule has 1 aromatic rings. The Kier molecular flexibility index (Phi) is 4.76. The lowest BCUT2D eigenvalue weighted by molar-refractivity contribution is -0.138. The molecule has 1 atom stereocenters. The highest BCUT2D eigenvalue weighted by Crippen LogP contribution is 2.32. The number of rotatable bonds is 3. The van der Waals surface area contributed by atoms with E-state index in [-0.39, 0.29) is 36.0 Å². The number of para-hydroxylation sites is 1. The Morgan fingerprint density at radius 1 is 1.12 bits per heavy atom. The summed E-state index contributed by atoms with van der Waals surface area (Å²) in [4.78, 5) is 39.5. The second-order valence-corrected chi connectivity index (χ2v) is 6.77. The summed E-state index contributed by atoms with van der Waals surface area (Å²) in [5, 5.41) is 0.501. The van der Waals surface area contributed by atoms with Crippen LogP contribution in [0, 0.1) is 11.8 Å². The van der Waals surface area contributed by atoms with E-state index in [1.54, 1.807) is 28.0 Å². The van der Waals surface area contributed by atoms with Gasteiger partial charge in [0.15, 0.2) is 0 Å². The number of primary amides is 1. The molecular formula is C17H20ClN3O3. The molecular weight excluding hydrogens is 330 g/mol. The number of amides is 3. The van der Waals surface area contributed by atoms with Crippen molar-refractivity contribution in [1.29, 1.82) is 0 Å². The van der Waals surface area contributed by atoms with Crippen molar-refractivity contribution < 1.29 is 14.4 Å². The highest BCUT2D eigenvalue weighted by atomic mass is 35.5. The van der Waals surface area contributed by atoms with E-state index in [1.165, 1.54) is 0 Å². The van der Waals surface area contributed by atoms with Gasteiger partial charge in [-0.25, -0.2) is 0 Å². The van der Waals surface area contributed by atoms with Gasteiger partial charge < -0.3 is 15.5 Å². The predicted octanol–water partition coefficient (Wildman–Crippen LogP) is 1.42. The number of anilines is 1. The molecule has 7 heteroatoms. The summed E-state index contributed by atoms with van der Waals surface area (Å²) in [5.74, 6) is -0.935. The topological polar surface area (TPSA) is 83.7 Å². The maximum absolute atomic E-state index is 12.7. The fourth-order valence-corrected chi connectivity index (χ4v) is 3.66. The molecule has 2 heterocycles. The summed E-state index contributed by atoms with van der Waals surface area (Å²) in [6.07, 6.45) is 1.38. The maximum Gasteiger partial charge on any atom is 0.228 e. The van der Waals surface area contributed by atoms with Crippen molar-refractivity contribution in [3.63, 3.8) is 0 Å². The first kappa shape index (κ1) is 16.8. The number of nitrogens with zero attached hydrogens (tertiary/aromatic N) is 2. The molecule has 0 aliphatic carbocycles. The molecule has 0 aromatic heterocycles. The summed E-state index contributed by atoms with van der Waals surface area (Å²) in [6, 6.07) is 7.13. The van der Waals surface area contributed by atoms with Crippen molar-refractivity contribution in [1.82, 2.24) is 4.90 Å². The fourth-order valence-electron chi connectivity index (χ4n) is 3.42. The van der Waals surface area contributed by atoms with Gasteiger partial charge in [0.1, 0.15) is 0 Å². The zero-order chi connectivity index (χ0) is 17.3. The van der Waals surface area contributed by atoms with E-state index in [4.69, 9.17) is 17.3 Å². The molecule has 0 bridgehead atoms. The standard InChI is InChI=1S/C17H20ClN3O3/c18-13-3-1-2-4-14(13)21-10-12(9-15(21)22)17(24)20-7-5-11(6-8-20)16(19)23/h1-4,11-12H,5-10H2,(H2,19,23). The minimum absolute atomic E-state index is 0.0270. The Labute approximate surface area is 145 Å². The molecule has 2 aliphatic heterocycles. The first-order valence-electron chi connectivity index (χ1n) is 8.10. The lowest BCUT2D eigenvalue weighted by Gasteiger charge is -2.32. The van der Waals surface area contributed by atoms with Gasteiger partial charge in [0.05, 0.1) is 16.6 Å².